The lowest BCUT2D eigenvalue weighted by atomic mass is 10.1. The summed E-state index contributed by atoms with van der Waals surface area (Å²) in [6.45, 7) is 0. The number of hydrogen-bond acceptors (Lipinski definition) is 2. The predicted molar refractivity (Wildman–Crippen MR) is 82.5 cm³/mol. The zero-order valence-electron chi connectivity index (χ0n) is 10.8. The Morgan fingerprint density at radius 3 is 2.24 bits per heavy atom. The molecule has 2 aromatic carbocycles. The van der Waals surface area contributed by atoms with Gasteiger partial charge in [0.05, 0.1) is 17.1 Å². The molecular weight excluding hydrogens is 312 g/mol. The number of thiazole rings is 1. The van der Waals surface area contributed by atoms with Crippen molar-refractivity contribution in [3.63, 3.8) is 0 Å². The highest BCUT2D eigenvalue weighted by atomic mass is 35.5. The van der Waals surface area contributed by atoms with Crippen molar-refractivity contribution in [3.05, 3.63) is 65.0 Å². The van der Waals surface area contributed by atoms with Gasteiger partial charge >= 0.3 is 0 Å². The van der Waals surface area contributed by atoms with Crippen LogP contribution < -0.4 is 0 Å². The molecule has 0 fully saturated rings. The minimum atomic E-state index is -0.621. The molecule has 0 atom stereocenters. The van der Waals surface area contributed by atoms with Gasteiger partial charge in [-0.1, -0.05) is 36.4 Å². The Morgan fingerprint density at radius 1 is 0.952 bits per heavy atom. The topological polar surface area (TPSA) is 12.9 Å². The Morgan fingerprint density at radius 2 is 1.62 bits per heavy atom. The SMILES string of the molecule is Fc1cccc(F)c1-c1nc(-c2ccccc2)c(CCl)s1. The lowest BCUT2D eigenvalue weighted by molar-refractivity contribution is 0.589. The molecule has 0 unspecified atom stereocenters. The van der Waals surface area contributed by atoms with E-state index in [1.54, 1.807) is 0 Å². The molecule has 1 nitrogen and oxygen atoms in total. The molecule has 5 heteroatoms. The van der Waals surface area contributed by atoms with Gasteiger partial charge in [-0.15, -0.1) is 22.9 Å². The average Bonchev–Trinajstić information content (AvgIpc) is 2.92. The smallest absolute Gasteiger partial charge is 0.136 e. The fourth-order valence-electron chi connectivity index (χ4n) is 2.07. The van der Waals surface area contributed by atoms with E-state index < -0.39 is 11.6 Å². The first-order valence-electron chi connectivity index (χ1n) is 6.26. The third kappa shape index (κ3) is 2.69. The molecular formula is C16H10ClF2NS. The molecule has 1 heterocycles. The molecule has 0 saturated heterocycles. The highest BCUT2D eigenvalue weighted by Gasteiger charge is 2.18. The van der Waals surface area contributed by atoms with Gasteiger partial charge in [-0.2, -0.15) is 0 Å². The molecule has 3 rings (SSSR count). The van der Waals surface area contributed by atoms with Gasteiger partial charge in [-0.3, -0.25) is 0 Å². The molecule has 0 N–H and O–H groups in total. The minimum absolute atomic E-state index is 0.101. The van der Waals surface area contributed by atoms with Crippen molar-refractivity contribution in [2.45, 2.75) is 5.88 Å². The molecule has 0 amide bonds. The van der Waals surface area contributed by atoms with Crippen molar-refractivity contribution in [1.29, 1.82) is 0 Å². The van der Waals surface area contributed by atoms with E-state index in [2.05, 4.69) is 4.98 Å². The van der Waals surface area contributed by atoms with Crippen molar-refractivity contribution in [1.82, 2.24) is 4.98 Å². The van der Waals surface area contributed by atoms with E-state index in [9.17, 15) is 8.78 Å². The Balaban J connectivity index is 2.17. The van der Waals surface area contributed by atoms with Gasteiger partial charge in [0.2, 0.25) is 0 Å². The Hall–Kier alpha value is -1.78. The molecule has 3 aromatic rings. The molecule has 106 valence electrons. The fraction of sp³-hybridized carbons (Fsp3) is 0.0625. The first-order chi connectivity index (χ1) is 10.2. The molecule has 0 saturated carbocycles. The van der Waals surface area contributed by atoms with Crippen molar-refractivity contribution < 1.29 is 8.78 Å². The Kier molecular flexibility index (Phi) is 3.99. The highest BCUT2D eigenvalue weighted by molar-refractivity contribution is 7.15. The number of benzene rings is 2. The van der Waals surface area contributed by atoms with E-state index in [0.717, 1.165) is 10.4 Å². The van der Waals surface area contributed by atoms with Gasteiger partial charge in [-0.25, -0.2) is 13.8 Å². The van der Waals surface area contributed by atoms with Gasteiger partial charge in [0.15, 0.2) is 0 Å². The summed E-state index contributed by atoms with van der Waals surface area (Å²) < 4.78 is 27.8. The van der Waals surface area contributed by atoms with Crippen LogP contribution in [0.4, 0.5) is 8.78 Å². The van der Waals surface area contributed by atoms with Crippen molar-refractivity contribution >= 4 is 22.9 Å². The second kappa shape index (κ2) is 5.92. The van der Waals surface area contributed by atoms with Crippen LogP contribution in [0.15, 0.2) is 48.5 Å². The van der Waals surface area contributed by atoms with Crippen LogP contribution in [0, 0.1) is 11.6 Å². The third-order valence-electron chi connectivity index (χ3n) is 3.04. The van der Waals surface area contributed by atoms with Crippen LogP contribution in [-0.2, 0) is 5.88 Å². The van der Waals surface area contributed by atoms with Crippen LogP contribution in [0.3, 0.4) is 0 Å². The summed E-state index contributed by atoms with van der Waals surface area (Å²) in [7, 11) is 0. The van der Waals surface area contributed by atoms with Gasteiger partial charge in [-0.05, 0) is 12.1 Å². The summed E-state index contributed by atoms with van der Waals surface area (Å²) in [4.78, 5) is 5.19. The maximum absolute atomic E-state index is 13.9. The van der Waals surface area contributed by atoms with Crippen LogP contribution in [0.2, 0.25) is 0 Å². The predicted octanol–water partition coefficient (Wildman–Crippen LogP) is 5.49. The lowest BCUT2D eigenvalue weighted by Gasteiger charge is -2.00. The second-order valence-corrected chi connectivity index (χ2v) is 5.74. The standard InChI is InChI=1S/C16H10ClF2NS/c17-9-13-15(10-5-2-1-3-6-10)20-16(21-13)14-11(18)7-4-8-12(14)19/h1-8H,9H2. The average molecular weight is 322 g/mol. The minimum Gasteiger partial charge on any atom is -0.235 e. The highest BCUT2D eigenvalue weighted by Crippen LogP contribution is 2.36. The number of hydrogen-bond donors (Lipinski definition) is 0. The van der Waals surface area contributed by atoms with Gasteiger partial charge in [0.1, 0.15) is 16.6 Å². The van der Waals surface area contributed by atoms with E-state index in [0.29, 0.717) is 10.7 Å². The number of halogens is 3. The summed E-state index contributed by atoms with van der Waals surface area (Å²) in [6.07, 6.45) is 0. The molecule has 0 radical (unpaired) electrons. The quantitative estimate of drug-likeness (QED) is 0.581. The molecule has 0 bridgehead atoms. The summed E-state index contributed by atoms with van der Waals surface area (Å²) >= 11 is 7.16. The summed E-state index contributed by atoms with van der Waals surface area (Å²) in [5.74, 6) is -0.994. The monoisotopic (exact) mass is 321 g/mol. The van der Waals surface area contributed by atoms with Crippen LogP contribution in [-0.4, -0.2) is 4.98 Å². The molecule has 0 spiro atoms. The third-order valence-corrected chi connectivity index (χ3v) is 4.54. The molecule has 0 aliphatic heterocycles. The van der Waals surface area contributed by atoms with Crippen molar-refractivity contribution in [2.24, 2.45) is 0 Å². The van der Waals surface area contributed by atoms with E-state index >= 15 is 0 Å². The Labute approximate surface area is 129 Å². The molecule has 0 aliphatic rings. The van der Waals surface area contributed by atoms with E-state index in [1.165, 1.54) is 29.5 Å². The maximum Gasteiger partial charge on any atom is 0.136 e. The summed E-state index contributed by atoms with van der Waals surface area (Å²) in [5, 5.41) is 0.306. The van der Waals surface area contributed by atoms with Crippen LogP contribution >= 0.6 is 22.9 Å². The van der Waals surface area contributed by atoms with E-state index in [-0.39, 0.29) is 11.4 Å². The molecule has 21 heavy (non-hydrogen) atoms. The van der Waals surface area contributed by atoms with E-state index in [4.69, 9.17) is 11.6 Å². The van der Waals surface area contributed by atoms with Crippen LogP contribution in [0.5, 0.6) is 0 Å². The van der Waals surface area contributed by atoms with E-state index in [1.807, 2.05) is 30.3 Å². The second-order valence-electron chi connectivity index (χ2n) is 4.39. The molecule has 0 aliphatic carbocycles. The normalized spacial score (nSPS) is 10.8. The number of nitrogens with zero attached hydrogens (tertiary/aromatic N) is 1. The lowest BCUT2D eigenvalue weighted by Crippen LogP contribution is -1.89. The Bertz CT molecular complexity index is 751. The zero-order chi connectivity index (χ0) is 14.8. The first kappa shape index (κ1) is 14.2. The number of rotatable bonds is 3. The molecule has 1 aromatic heterocycles. The first-order valence-corrected chi connectivity index (χ1v) is 7.61. The van der Waals surface area contributed by atoms with Crippen molar-refractivity contribution in [3.8, 4) is 21.8 Å². The number of aromatic nitrogens is 1. The summed E-state index contributed by atoms with van der Waals surface area (Å²) in [6, 6.07) is 13.2. The van der Waals surface area contributed by atoms with Crippen molar-refractivity contribution in [2.75, 3.05) is 0 Å². The van der Waals surface area contributed by atoms with Crippen LogP contribution in [0.1, 0.15) is 4.88 Å². The largest absolute Gasteiger partial charge is 0.235 e. The summed E-state index contributed by atoms with van der Waals surface area (Å²) in [5.41, 5.74) is 1.46. The van der Waals surface area contributed by atoms with Gasteiger partial charge in [0, 0.05) is 10.4 Å². The van der Waals surface area contributed by atoms with Gasteiger partial charge in [0.25, 0.3) is 0 Å². The zero-order valence-corrected chi connectivity index (χ0v) is 12.4. The number of alkyl halides is 1. The van der Waals surface area contributed by atoms with Gasteiger partial charge < -0.3 is 0 Å². The fourth-order valence-corrected chi connectivity index (χ4v) is 3.35. The van der Waals surface area contributed by atoms with Crippen LogP contribution in [0.25, 0.3) is 21.8 Å². The maximum atomic E-state index is 13.9.